The maximum Gasteiger partial charge on any atom is 0.494 e. The number of rotatable bonds is 6. The number of amides is 2. The summed E-state index contributed by atoms with van der Waals surface area (Å²) >= 11 is 0. The van der Waals surface area contributed by atoms with Crippen LogP contribution >= 0.6 is 0 Å². The van der Waals surface area contributed by atoms with Gasteiger partial charge < -0.3 is 20.4 Å². The molecule has 1 aliphatic rings. The number of nitrogens with two attached hydrogens (primary N) is 1. The van der Waals surface area contributed by atoms with E-state index < -0.39 is 42.0 Å². The zero-order chi connectivity index (χ0) is 22.1. The van der Waals surface area contributed by atoms with Crippen LogP contribution in [-0.4, -0.2) is 36.2 Å². The van der Waals surface area contributed by atoms with Crippen LogP contribution < -0.4 is 16.5 Å². The van der Waals surface area contributed by atoms with Gasteiger partial charge in [0.05, 0.1) is 11.2 Å². The fraction of sp³-hybridized carbons (Fsp3) is 0.364. The third kappa shape index (κ3) is 4.71. The molecule has 1 atom stereocenters. The van der Waals surface area contributed by atoms with E-state index in [2.05, 4.69) is 5.32 Å². The molecule has 2 aromatic carbocycles. The molecule has 2 aromatic rings. The van der Waals surface area contributed by atoms with Crippen molar-refractivity contribution >= 4 is 24.4 Å². The highest BCUT2D eigenvalue weighted by Gasteiger charge is 2.51. The van der Waals surface area contributed by atoms with Crippen molar-refractivity contribution in [1.29, 1.82) is 0 Å². The summed E-state index contributed by atoms with van der Waals surface area (Å²) in [6.45, 7) is 7.95. The first-order valence-corrected chi connectivity index (χ1v) is 9.79. The molecule has 0 spiro atoms. The monoisotopic (exact) mass is 412 g/mol. The van der Waals surface area contributed by atoms with Crippen LogP contribution in [0.15, 0.2) is 48.5 Å². The number of nitrogens with one attached hydrogen (secondary N) is 1. The summed E-state index contributed by atoms with van der Waals surface area (Å²) in [5, 5.41) is 2.61. The van der Waals surface area contributed by atoms with Gasteiger partial charge in [0.1, 0.15) is 11.9 Å². The Labute approximate surface area is 176 Å². The number of primary amides is 1. The molecule has 0 aliphatic carbocycles. The minimum absolute atomic E-state index is 0.228. The Morgan fingerprint density at radius 3 is 2.03 bits per heavy atom. The van der Waals surface area contributed by atoms with E-state index in [0.717, 1.165) is 11.0 Å². The van der Waals surface area contributed by atoms with Crippen LogP contribution in [0, 0.1) is 5.82 Å². The number of hydrogen-bond donors (Lipinski definition) is 2. The van der Waals surface area contributed by atoms with Crippen molar-refractivity contribution in [2.24, 2.45) is 5.73 Å². The molecule has 0 aromatic heterocycles. The van der Waals surface area contributed by atoms with Gasteiger partial charge in [-0.15, -0.1) is 0 Å². The normalized spacial score (nSPS) is 18.1. The lowest BCUT2D eigenvalue weighted by Crippen LogP contribution is -2.45. The minimum atomic E-state index is -0.898. The van der Waals surface area contributed by atoms with Gasteiger partial charge >= 0.3 is 7.12 Å². The molecule has 3 rings (SSSR count). The molecule has 0 bridgehead atoms. The average Bonchev–Trinajstić information content (AvgIpc) is 2.89. The Morgan fingerprint density at radius 1 is 1.00 bits per heavy atom. The van der Waals surface area contributed by atoms with E-state index in [1.165, 1.54) is 24.3 Å². The van der Waals surface area contributed by atoms with Crippen molar-refractivity contribution in [3.63, 3.8) is 0 Å². The van der Waals surface area contributed by atoms with E-state index >= 15 is 0 Å². The summed E-state index contributed by atoms with van der Waals surface area (Å²) in [7, 11) is -0.478. The third-order valence-corrected chi connectivity index (χ3v) is 5.70. The van der Waals surface area contributed by atoms with Gasteiger partial charge in [-0.25, -0.2) is 4.39 Å². The van der Waals surface area contributed by atoms with E-state index in [1.807, 2.05) is 52.0 Å². The summed E-state index contributed by atoms with van der Waals surface area (Å²) < 4.78 is 25.1. The molecule has 158 valence electrons. The van der Waals surface area contributed by atoms with Gasteiger partial charge in [-0.1, -0.05) is 24.3 Å². The zero-order valence-electron chi connectivity index (χ0n) is 17.6. The SMILES string of the molecule is CC1(C)OB(c2ccc(C[C@H](NC(=O)c3ccc(F)cc3)C(N)=O)cc2)OC1(C)C. The molecule has 2 amide bonds. The number of benzene rings is 2. The zero-order valence-corrected chi connectivity index (χ0v) is 17.6. The largest absolute Gasteiger partial charge is 0.494 e. The van der Waals surface area contributed by atoms with Crippen LogP contribution in [0.25, 0.3) is 0 Å². The van der Waals surface area contributed by atoms with Crippen molar-refractivity contribution in [1.82, 2.24) is 5.32 Å². The molecule has 1 aliphatic heterocycles. The van der Waals surface area contributed by atoms with Gasteiger partial charge in [-0.05, 0) is 63.0 Å². The molecule has 1 saturated heterocycles. The molecule has 1 fully saturated rings. The minimum Gasteiger partial charge on any atom is -0.399 e. The lowest BCUT2D eigenvalue weighted by molar-refractivity contribution is -0.119. The summed E-state index contributed by atoms with van der Waals surface area (Å²) in [5.41, 5.74) is 6.54. The summed E-state index contributed by atoms with van der Waals surface area (Å²) in [5.74, 6) is -1.59. The summed E-state index contributed by atoms with van der Waals surface area (Å²) in [6, 6.07) is 11.6. The Balaban J connectivity index is 1.67. The fourth-order valence-electron chi connectivity index (χ4n) is 3.09. The lowest BCUT2D eigenvalue weighted by atomic mass is 9.78. The van der Waals surface area contributed by atoms with E-state index in [1.54, 1.807) is 0 Å². The Kier molecular flexibility index (Phi) is 6.01. The topological polar surface area (TPSA) is 90.6 Å². The highest BCUT2D eigenvalue weighted by Crippen LogP contribution is 2.36. The van der Waals surface area contributed by atoms with Crippen molar-refractivity contribution in [2.45, 2.75) is 51.4 Å². The van der Waals surface area contributed by atoms with Gasteiger partial charge in [0.2, 0.25) is 5.91 Å². The van der Waals surface area contributed by atoms with Crippen molar-refractivity contribution in [3.8, 4) is 0 Å². The molecule has 0 unspecified atom stereocenters. The van der Waals surface area contributed by atoms with E-state index in [9.17, 15) is 14.0 Å². The molecule has 3 N–H and O–H groups in total. The predicted octanol–water partition coefficient (Wildman–Crippen LogP) is 1.95. The van der Waals surface area contributed by atoms with Crippen LogP contribution in [0.4, 0.5) is 4.39 Å². The van der Waals surface area contributed by atoms with Gasteiger partial charge in [0.25, 0.3) is 5.91 Å². The molecular formula is C22H26BFN2O4. The van der Waals surface area contributed by atoms with Crippen LogP contribution in [0.5, 0.6) is 0 Å². The van der Waals surface area contributed by atoms with Gasteiger partial charge in [0, 0.05) is 12.0 Å². The second-order valence-electron chi connectivity index (χ2n) is 8.47. The van der Waals surface area contributed by atoms with Crippen LogP contribution in [0.2, 0.25) is 0 Å². The molecule has 8 heteroatoms. The summed E-state index contributed by atoms with van der Waals surface area (Å²) in [4.78, 5) is 24.2. The van der Waals surface area contributed by atoms with Crippen molar-refractivity contribution in [3.05, 3.63) is 65.5 Å². The first-order chi connectivity index (χ1) is 14.0. The van der Waals surface area contributed by atoms with E-state index in [4.69, 9.17) is 15.0 Å². The number of halogens is 1. The van der Waals surface area contributed by atoms with Crippen molar-refractivity contribution < 1.29 is 23.3 Å². The summed E-state index contributed by atoms with van der Waals surface area (Å²) in [6.07, 6.45) is 0.228. The van der Waals surface area contributed by atoms with Crippen LogP contribution in [-0.2, 0) is 20.5 Å². The molecule has 1 heterocycles. The first-order valence-electron chi connectivity index (χ1n) is 9.79. The smallest absolute Gasteiger partial charge is 0.399 e. The molecular weight excluding hydrogens is 386 g/mol. The van der Waals surface area contributed by atoms with Gasteiger partial charge in [-0.3, -0.25) is 9.59 Å². The standard InChI is InChI=1S/C22H26BFN2O4/c1-21(2)22(3,4)30-23(29-21)16-9-5-14(6-10-16)13-18(19(25)27)26-20(28)15-7-11-17(24)12-8-15/h5-12,18H,13H2,1-4H3,(H2,25,27)(H,26,28)/t18-/m0/s1. The average molecular weight is 412 g/mol. The number of carbonyl (C=O) groups is 2. The number of hydrogen-bond acceptors (Lipinski definition) is 4. The van der Waals surface area contributed by atoms with Crippen LogP contribution in [0.3, 0.4) is 0 Å². The van der Waals surface area contributed by atoms with Gasteiger partial charge in [-0.2, -0.15) is 0 Å². The molecule has 6 nitrogen and oxygen atoms in total. The fourth-order valence-corrected chi connectivity index (χ4v) is 3.09. The van der Waals surface area contributed by atoms with E-state index in [0.29, 0.717) is 0 Å². The second kappa shape index (κ2) is 8.20. The quantitative estimate of drug-likeness (QED) is 0.710. The first kappa shape index (κ1) is 22.0. The molecule has 0 radical (unpaired) electrons. The predicted molar refractivity (Wildman–Crippen MR) is 113 cm³/mol. The highest BCUT2D eigenvalue weighted by molar-refractivity contribution is 6.62. The number of carbonyl (C=O) groups excluding carboxylic acids is 2. The van der Waals surface area contributed by atoms with Crippen LogP contribution in [0.1, 0.15) is 43.6 Å². The Bertz CT molecular complexity index is 913. The van der Waals surface area contributed by atoms with Gasteiger partial charge in [0.15, 0.2) is 0 Å². The maximum atomic E-state index is 13.0. The lowest BCUT2D eigenvalue weighted by Gasteiger charge is -2.32. The Hall–Kier alpha value is -2.71. The molecule has 0 saturated carbocycles. The highest BCUT2D eigenvalue weighted by atomic mass is 19.1. The Morgan fingerprint density at radius 2 is 1.53 bits per heavy atom. The van der Waals surface area contributed by atoms with E-state index in [-0.39, 0.29) is 12.0 Å². The second-order valence-corrected chi connectivity index (χ2v) is 8.47. The van der Waals surface area contributed by atoms with Crippen molar-refractivity contribution in [2.75, 3.05) is 0 Å². The maximum absolute atomic E-state index is 13.0. The molecule has 30 heavy (non-hydrogen) atoms. The third-order valence-electron chi connectivity index (χ3n) is 5.70.